The number of carbonyl (C=O) groups excluding carboxylic acids is 3. The first-order chi connectivity index (χ1) is 12.9. The van der Waals surface area contributed by atoms with Crippen molar-refractivity contribution in [1.29, 1.82) is 0 Å². The van der Waals surface area contributed by atoms with E-state index in [9.17, 15) is 14.4 Å². The summed E-state index contributed by atoms with van der Waals surface area (Å²) in [5.74, 6) is -1.47. The van der Waals surface area contributed by atoms with E-state index in [-0.39, 0.29) is 6.54 Å². The number of halogens is 2. The number of carbonyl (C=O) groups is 3. The van der Waals surface area contributed by atoms with E-state index in [1.807, 2.05) is 30.3 Å². The highest BCUT2D eigenvalue weighted by molar-refractivity contribution is 6.42. The molecule has 0 aliphatic heterocycles. The fraction of sp³-hybridized carbons (Fsp3) is 0.105. The van der Waals surface area contributed by atoms with Gasteiger partial charge in [0, 0.05) is 12.6 Å². The molecule has 0 unspecified atom stereocenters. The Morgan fingerprint density at radius 3 is 2.44 bits per heavy atom. The number of nitrogens with one attached hydrogen (secondary N) is 2. The molecule has 0 aliphatic carbocycles. The van der Waals surface area contributed by atoms with Crippen LogP contribution in [0.1, 0.15) is 11.1 Å². The van der Waals surface area contributed by atoms with Crippen molar-refractivity contribution in [2.75, 3.05) is 6.61 Å². The van der Waals surface area contributed by atoms with Gasteiger partial charge in [-0.1, -0.05) is 59.6 Å². The van der Waals surface area contributed by atoms with Gasteiger partial charge in [-0.2, -0.15) is 0 Å². The smallest absolute Gasteiger partial charge is 0.331 e. The summed E-state index contributed by atoms with van der Waals surface area (Å²) in [6, 6.07) is 13.4. The second kappa shape index (κ2) is 10.4. The maximum absolute atomic E-state index is 11.6. The van der Waals surface area contributed by atoms with E-state index >= 15 is 0 Å². The lowest BCUT2D eigenvalue weighted by Crippen LogP contribution is -2.41. The topological polar surface area (TPSA) is 84.5 Å². The second-order valence-corrected chi connectivity index (χ2v) is 6.15. The van der Waals surface area contributed by atoms with Crippen LogP contribution in [0, 0.1) is 0 Å². The summed E-state index contributed by atoms with van der Waals surface area (Å²) >= 11 is 11.7. The Hall–Kier alpha value is -2.83. The van der Waals surface area contributed by atoms with Crippen LogP contribution in [-0.4, -0.2) is 24.5 Å². The third-order valence-corrected chi connectivity index (χ3v) is 3.99. The first-order valence-electron chi connectivity index (χ1n) is 7.85. The zero-order valence-corrected chi connectivity index (χ0v) is 15.6. The van der Waals surface area contributed by atoms with Crippen LogP contribution in [0.4, 0.5) is 4.79 Å². The maximum atomic E-state index is 11.6. The first kappa shape index (κ1) is 20.5. The molecule has 0 bridgehead atoms. The van der Waals surface area contributed by atoms with Crippen molar-refractivity contribution in [3.63, 3.8) is 0 Å². The molecule has 140 valence electrons. The molecule has 2 rings (SSSR count). The Morgan fingerprint density at radius 1 is 1.00 bits per heavy atom. The fourth-order valence-electron chi connectivity index (χ4n) is 1.95. The summed E-state index contributed by atoms with van der Waals surface area (Å²) in [6.07, 6.45) is 2.61. The van der Waals surface area contributed by atoms with Crippen molar-refractivity contribution in [1.82, 2.24) is 10.6 Å². The number of hydrogen-bond acceptors (Lipinski definition) is 4. The number of imide groups is 1. The number of hydrogen-bond donors (Lipinski definition) is 2. The van der Waals surface area contributed by atoms with Crippen LogP contribution in [0.3, 0.4) is 0 Å². The van der Waals surface area contributed by atoms with Gasteiger partial charge < -0.3 is 10.1 Å². The molecule has 2 N–H and O–H groups in total. The van der Waals surface area contributed by atoms with Crippen LogP contribution >= 0.6 is 23.2 Å². The minimum Gasteiger partial charge on any atom is -0.452 e. The summed E-state index contributed by atoms with van der Waals surface area (Å²) in [5.41, 5.74) is 1.53. The summed E-state index contributed by atoms with van der Waals surface area (Å²) in [6.45, 7) is -0.310. The largest absolute Gasteiger partial charge is 0.452 e. The lowest BCUT2D eigenvalue weighted by molar-refractivity contribution is -0.143. The third-order valence-electron chi connectivity index (χ3n) is 3.25. The number of ether oxygens (including phenoxy) is 1. The molecule has 6 nitrogen and oxygen atoms in total. The Morgan fingerprint density at radius 2 is 1.74 bits per heavy atom. The molecular weight excluding hydrogens is 391 g/mol. The van der Waals surface area contributed by atoms with Crippen molar-refractivity contribution in [3.05, 3.63) is 75.8 Å². The van der Waals surface area contributed by atoms with Gasteiger partial charge in [-0.15, -0.1) is 0 Å². The van der Waals surface area contributed by atoms with Gasteiger partial charge in [-0.3, -0.25) is 10.1 Å². The third kappa shape index (κ3) is 7.52. The first-order valence-corrected chi connectivity index (χ1v) is 8.61. The van der Waals surface area contributed by atoms with Crippen LogP contribution in [0.2, 0.25) is 10.0 Å². The van der Waals surface area contributed by atoms with E-state index in [1.54, 1.807) is 18.2 Å². The van der Waals surface area contributed by atoms with Crippen molar-refractivity contribution in [2.45, 2.75) is 6.54 Å². The van der Waals surface area contributed by atoms with E-state index in [2.05, 4.69) is 10.6 Å². The van der Waals surface area contributed by atoms with Crippen LogP contribution < -0.4 is 10.6 Å². The van der Waals surface area contributed by atoms with Crippen LogP contribution in [-0.2, 0) is 20.9 Å². The fourth-order valence-corrected chi connectivity index (χ4v) is 2.26. The number of esters is 1. The molecule has 2 aromatic carbocycles. The minimum atomic E-state index is -0.739. The minimum absolute atomic E-state index is 0.270. The molecule has 8 heteroatoms. The molecule has 3 amide bonds. The summed E-state index contributed by atoms with van der Waals surface area (Å²) < 4.78 is 4.77. The standard InChI is InChI=1S/C19H16Cl2N2O4/c20-15-8-6-13(10-16(15)21)7-9-18(25)27-12-17(24)23-19(26)22-11-14-4-2-1-3-5-14/h1-10H,11-12H2,(H2,22,23,24,26). The van der Waals surface area contributed by atoms with E-state index in [4.69, 9.17) is 27.9 Å². The summed E-state index contributed by atoms with van der Waals surface area (Å²) in [5, 5.41) is 5.35. The summed E-state index contributed by atoms with van der Waals surface area (Å²) in [4.78, 5) is 34.9. The molecule has 0 atom stereocenters. The van der Waals surface area contributed by atoms with Crippen LogP contribution in [0.5, 0.6) is 0 Å². The molecule has 0 fully saturated rings. The number of rotatable bonds is 6. The highest BCUT2D eigenvalue weighted by Gasteiger charge is 2.09. The quantitative estimate of drug-likeness (QED) is 0.567. The average molecular weight is 407 g/mol. The van der Waals surface area contributed by atoms with E-state index < -0.39 is 24.5 Å². The molecular formula is C19H16Cl2N2O4. The number of urea groups is 1. The Bertz CT molecular complexity index is 854. The van der Waals surface area contributed by atoms with E-state index in [0.717, 1.165) is 11.6 Å². The van der Waals surface area contributed by atoms with Crippen molar-refractivity contribution >= 4 is 47.2 Å². The lowest BCUT2D eigenvalue weighted by Gasteiger charge is -2.07. The molecule has 0 saturated carbocycles. The second-order valence-electron chi connectivity index (χ2n) is 5.33. The summed E-state index contributed by atoms with van der Waals surface area (Å²) in [7, 11) is 0. The Kier molecular flexibility index (Phi) is 7.85. The Labute approximate surface area is 166 Å². The predicted molar refractivity (Wildman–Crippen MR) is 103 cm³/mol. The molecule has 0 aliphatic rings. The molecule has 0 saturated heterocycles. The number of amides is 3. The monoisotopic (exact) mass is 406 g/mol. The van der Waals surface area contributed by atoms with Gasteiger partial charge >= 0.3 is 12.0 Å². The lowest BCUT2D eigenvalue weighted by atomic mass is 10.2. The van der Waals surface area contributed by atoms with Crippen molar-refractivity contribution in [3.8, 4) is 0 Å². The highest BCUT2D eigenvalue weighted by Crippen LogP contribution is 2.23. The van der Waals surface area contributed by atoms with Crippen LogP contribution in [0.25, 0.3) is 6.08 Å². The van der Waals surface area contributed by atoms with Gasteiger partial charge in [-0.25, -0.2) is 9.59 Å². The average Bonchev–Trinajstić information content (AvgIpc) is 2.66. The predicted octanol–water partition coefficient (Wildman–Crippen LogP) is 3.58. The molecule has 2 aromatic rings. The Balaban J connectivity index is 1.70. The molecule has 0 radical (unpaired) electrons. The highest BCUT2D eigenvalue weighted by atomic mass is 35.5. The van der Waals surface area contributed by atoms with Gasteiger partial charge in [-0.05, 0) is 29.3 Å². The molecule has 0 spiro atoms. The van der Waals surface area contributed by atoms with Gasteiger partial charge in [0.2, 0.25) is 0 Å². The molecule has 0 aromatic heterocycles. The van der Waals surface area contributed by atoms with Gasteiger partial charge in [0.25, 0.3) is 5.91 Å². The zero-order chi connectivity index (χ0) is 19.6. The van der Waals surface area contributed by atoms with E-state index in [1.165, 1.54) is 6.08 Å². The van der Waals surface area contributed by atoms with Gasteiger partial charge in [0.1, 0.15) is 0 Å². The van der Waals surface area contributed by atoms with Gasteiger partial charge in [0.05, 0.1) is 10.0 Å². The van der Waals surface area contributed by atoms with Crippen molar-refractivity contribution < 1.29 is 19.1 Å². The normalized spacial score (nSPS) is 10.4. The zero-order valence-electron chi connectivity index (χ0n) is 14.1. The van der Waals surface area contributed by atoms with Crippen molar-refractivity contribution in [2.24, 2.45) is 0 Å². The SMILES string of the molecule is O=C(COC(=O)C=Cc1ccc(Cl)c(Cl)c1)NC(=O)NCc1ccccc1. The number of benzene rings is 2. The van der Waals surface area contributed by atoms with Gasteiger partial charge in [0.15, 0.2) is 6.61 Å². The molecule has 27 heavy (non-hydrogen) atoms. The maximum Gasteiger partial charge on any atom is 0.331 e. The molecule has 0 heterocycles. The van der Waals surface area contributed by atoms with E-state index in [0.29, 0.717) is 15.6 Å². The van der Waals surface area contributed by atoms with Crippen LogP contribution in [0.15, 0.2) is 54.6 Å².